The van der Waals surface area contributed by atoms with Crippen LogP contribution in [0.3, 0.4) is 0 Å². The van der Waals surface area contributed by atoms with Crippen LogP contribution in [-0.2, 0) is 4.79 Å². The normalized spacial score (nSPS) is 10.8. The maximum absolute atomic E-state index is 13.0. The van der Waals surface area contributed by atoms with Gasteiger partial charge in [-0.1, -0.05) is 12.1 Å². The number of nitrogens with one attached hydrogen (secondary N) is 1. The Morgan fingerprint density at radius 2 is 2.00 bits per heavy atom. The SMILES string of the molecule is O=C(/C=C/c1cncc(-c2ccc(F)cc2)c1)Nc1nccs1. The van der Waals surface area contributed by atoms with E-state index in [0.29, 0.717) is 5.13 Å². The zero-order valence-corrected chi connectivity index (χ0v) is 12.8. The third-order valence-electron chi connectivity index (χ3n) is 3.03. The number of amides is 1. The van der Waals surface area contributed by atoms with E-state index in [1.165, 1.54) is 29.5 Å². The van der Waals surface area contributed by atoms with Gasteiger partial charge in [-0.25, -0.2) is 9.37 Å². The number of hydrogen-bond acceptors (Lipinski definition) is 4. The number of pyridine rings is 1. The molecule has 0 spiro atoms. The van der Waals surface area contributed by atoms with E-state index >= 15 is 0 Å². The molecule has 0 saturated heterocycles. The van der Waals surface area contributed by atoms with Crippen molar-refractivity contribution in [2.45, 2.75) is 0 Å². The van der Waals surface area contributed by atoms with Gasteiger partial charge in [0, 0.05) is 35.6 Å². The summed E-state index contributed by atoms with van der Waals surface area (Å²) in [5, 5.41) is 5.00. The molecule has 2 aromatic heterocycles. The van der Waals surface area contributed by atoms with E-state index in [4.69, 9.17) is 0 Å². The van der Waals surface area contributed by atoms with Crippen LogP contribution in [-0.4, -0.2) is 15.9 Å². The van der Waals surface area contributed by atoms with Crippen molar-refractivity contribution in [1.29, 1.82) is 0 Å². The first-order chi connectivity index (χ1) is 11.2. The Kier molecular flexibility index (Phi) is 4.54. The average molecular weight is 325 g/mol. The maximum atomic E-state index is 13.0. The standard InChI is InChI=1S/C17H12FN3OS/c18-15-4-2-13(3-5-15)14-9-12(10-19-11-14)1-6-16(22)21-17-20-7-8-23-17/h1-11H,(H,20,21,22)/b6-1+. The van der Waals surface area contributed by atoms with E-state index in [-0.39, 0.29) is 11.7 Å². The van der Waals surface area contributed by atoms with E-state index in [1.54, 1.807) is 42.2 Å². The number of anilines is 1. The molecule has 0 bridgehead atoms. The number of thiazole rings is 1. The maximum Gasteiger partial charge on any atom is 0.250 e. The van der Waals surface area contributed by atoms with Gasteiger partial charge in [0.15, 0.2) is 5.13 Å². The van der Waals surface area contributed by atoms with Gasteiger partial charge < -0.3 is 0 Å². The highest BCUT2D eigenvalue weighted by Crippen LogP contribution is 2.20. The average Bonchev–Trinajstić information content (AvgIpc) is 3.07. The fourth-order valence-electron chi connectivity index (χ4n) is 1.95. The first-order valence-corrected chi connectivity index (χ1v) is 7.68. The Morgan fingerprint density at radius 3 is 2.74 bits per heavy atom. The minimum Gasteiger partial charge on any atom is -0.298 e. The smallest absolute Gasteiger partial charge is 0.250 e. The molecule has 0 unspecified atom stereocenters. The number of halogens is 1. The predicted molar refractivity (Wildman–Crippen MR) is 89.4 cm³/mol. The van der Waals surface area contributed by atoms with Crippen molar-refractivity contribution in [3.05, 3.63) is 71.8 Å². The van der Waals surface area contributed by atoms with Crippen LogP contribution in [0.15, 0.2) is 60.4 Å². The molecule has 0 atom stereocenters. The predicted octanol–water partition coefficient (Wildman–Crippen LogP) is 4.00. The van der Waals surface area contributed by atoms with Crippen molar-refractivity contribution >= 4 is 28.5 Å². The number of hydrogen-bond donors (Lipinski definition) is 1. The third-order valence-corrected chi connectivity index (χ3v) is 3.72. The molecule has 1 aromatic carbocycles. The zero-order chi connectivity index (χ0) is 16.1. The summed E-state index contributed by atoms with van der Waals surface area (Å²) in [6, 6.07) is 8.07. The lowest BCUT2D eigenvalue weighted by Crippen LogP contribution is -2.07. The van der Waals surface area contributed by atoms with Crippen LogP contribution in [0, 0.1) is 5.82 Å². The first-order valence-electron chi connectivity index (χ1n) is 6.80. The fourth-order valence-corrected chi connectivity index (χ4v) is 2.49. The quantitative estimate of drug-likeness (QED) is 0.738. The summed E-state index contributed by atoms with van der Waals surface area (Å²) in [5.74, 6) is -0.538. The molecule has 3 rings (SSSR count). The fraction of sp³-hybridized carbons (Fsp3) is 0. The Labute approximate surface area is 136 Å². The van der Waals surface area contributed by atoms with Crippen molar-refractivity contribution in [2.24, 2.45) is 0 Å². The van der Waals surface area contributed by atoms with Crippen LogP contribution < -0.4 is 5.32 Å². The lowest BCUT2D eigenvalue weighted by molar-refractivity contribution is -0.111. The second-order valence-corrected chi connectivity index (χ2v) is 5.57. The molecule has 0 aliphatic heterocycles. The van der Waals surface area contributed by atoms with Gasteiger partial charge in [-0.2, -0.15) is 0 Å². The molecule has 2 heterocycles. The lowest BCUT2D eigenvalue weighted by Gasteiger charge is -2.02. The molecule has 114 valence electrons. The molecule has 1 N–H and O–H groups in total. The molecule has 23 heavy (non-hydrogen) atoms. The van der Waals surface area contributed by atoms with Crippen LogP contribution in [0.25, 0.3) is 17.2 Å². The summed E-state index contributed by atoms with van der Waals surface area (Å²) in [6.07, 6.45) is 8.07. The highest BCUT2D eigenvalue weighted by molar-refractivity contribution is 7.13. The van der Waals surface area contributed by atoms with E-state index in [2.05, 4.69) is 15.3 Å². The summed E-state index contributed by atoms with van der Waals surface area (Å²) < 4.78 is 13.0. The van der Waals surface area contributed by atoms with E-state index in [0.717, 1.165) is 16.7 Å². The molecule has 0 aliphatic rings. The van der Waals surface area contributed by atoms with Crippen molar-refractivity contribution in [3.63, 3.8) is 0 Å². The van der Waals surface area contributed by atoms with Crippen molar-refractivity contribution in [2.75, 3.05) is 5.32 Å². The number of benzene rings is 1. The number of nitrogens with zero attached hydrogens (tertiary/aromatic N) is 2. The van der Waals surface area contributed by atoms with Crippen LogP contribution in [0.5, 0.6) is 0 Å². The van der Waals surface area contributed by atoms with Crippen molar-refractivity contribution in [3.8, 4) is 11.1 Å². The first kappa shape index (κ1) is 15.1. The summed E-state index contributed by atoms with van der Waals surface area (Å²) in [5.41, 5.74) is 2.50. The van der Waals surface area contributed by atoms with Crippen LogP contribution in [0.4, 0.5) is 9.52 Å². The molecule has 3 aromatic rings. The number of rotatable bonds is 4. The van der Waals surface area contributed by atoms with Gasteiger partial charge in [-0.15, -0.1) is 11.3 Å². The molecule has 0 saturated carbocycles. The topological polar surface area (TPSA) is 54.9 Å². The van der Waals surface area contributed by atoms with Crippen LogP contribution in [0.1, 0.15) is 5.56 Å². The molecular weight excluding hydrogens is 313 g/mol. The lowest BCUT2D eigenvalue weighted by atomic mass is 10.1. The van der Waals surface area contributed by atoms with Gasteiger partial charge in [-0.3, -0.25) is 15.1 Å². The molecule has 1 amide bonds. The van der Waals surface area contributed by atoms with Crippen molar-refractivity contribution in [1.82, 2.24) is 9.97 Å². The van der Waals surface area contributed by atoms with Gasteiger partial charge >= 0.3 is 0 Å². The van der Waals surface area contributed by atoms with Gasteiger partial charge in [-0.05, 0) is 35.4 Å². The van der Waals surface area contributed by atoms with E-state index in [1.807, 2.05) is 6.07 Å². The number of carbonyl (C=O) groups excluding carboxylic acids is 1. The van der Waals surface area contributed by atoms with Gasteiger partial charge in [0.2, 0.25) is 5.91 Å². The zero-order valence-electron chi connectivity index (χ0n) is 11.9. The van der Waals surface area contributed by atoms with Gasteiger partial charge in [0.25, 0.3) is 0 Å². The van der Waals surface area contributed by atoms with Crippen LogP contribution in [0.2, 0.25) is 0 Å². The molecule has 4 nitrogen and oxygen atoms in total. The number of carbonyl (C=O) groups is 1. The monoisotopic (exact) mass is 325 g/mol. The summed E-state index contributed by atoms with van der Waals surface area (Å²) in [4.78, 5) is 19.9. The molecule has 6 heteroatoms. The molecule has 0 fully saturated rings. The Hall–Kier alpha value is -2.86. The second kappa shape index (κ2) is 6.93. The highest BCUT2D eigenvalue weighted by Gasteiger charge is 2.01. The highest BCUT2D eigenvalue weighted by atomic mass is 32.1. The number of aromatic nitrogens is 2. The molecular formula is C17H12FN3OS. The Bertz CT molecular complexity index is 829. The molecule has 0 aliphatic carbocycles. The minimum absolute atomic E-state index is 0.257. The van der Waals surface area contributed by atoms with E-state index in [9.17, 15) is 9.18 Å². The van der Waals surface area contributed by atoms with Crippen molar-refractivity contribution < 1.29 is 9.18 Å². The van der Waals surface area contributed by atoms with E-state index < -0.39 is 0 Å². The van der Waals surface area contributed by atoms with Crippen LogP contribution >= 0.6 is 11.3 Å². The largest absolute Gasteiger partial charge is 0.298 e. The molecule has 0 radical (unpaired) electrons. The summed E-state index contributed by atoms with van der Waals surface area (Å²) in [6.45, 7) is 0. The Morgan fingerprint density at radius 1 is 1.17 bits per heavy atom. The minimum atomic E-state index is -0.281. The summed E-state index contributed by atoms with van der Waals surface area (Å²) in [7, 11) is 0. The second-order valence-electron chi connectivity index (χ2n) is 4.67. The Balaban J connectivity index is 1.73. The van der Waals surface area contributed by atoms with Gasteiger partial charge in [0.05, 0.1) is 0 Å². The third kappa shape index (κ3) is 4.08. The summed E-state index contributed by atoms with van der Waals surface area (Å²) >= 11 is 1.35. The van der Waals surface area contributed by atoms with Gasteiger partial charge in [0.1, 0.15) is 5.82 Å².